The Kier molecular flexibility index (Phi) is 3.82. The quantitative estimate of drug-likeness (QED) is 0.881. The van der Waals surface area contributed by atoms with Crippen molar-refractivity contribution in [1.29, 1.82) is 0 Å². The van der Waals surface area contributed by atoms with Crippen molar-refractivity contribution in [3.05, 3.63) is 65.6 Å². The van der Waals surface area contributed by atoms with Gasteiger partial charge in [-0.1, -0.05) is 24.3 Å². The van der Waals surface area contributed by atoms with Crippen LogP contribution in [0.5, 0.6) is 0 Å². The highest BCUT2D eigenvalue weighted by Crippen LogP contribution is 2.54. The summed E-state index contributed by atoms with van der Waals surface area (Å²) in [6.45, 7) is 1.64. The number of benzene rings is 1. The number of rotatable bonds is 5. The maximum atomic E-state index is 11.8. The zero-order valence-electron chi connectivity index (χ0n) is 15.1. The first kappa shape index (κ1) is 16.6. The lowest BCUT2D eigenvalue weighted by molar-refractivity contribution is -0.143. The van der Waals surface area contributed by atoms with Gasteiger partial charge < -0.3 is 14.7 Å². The third-order valence-electron chi connectivity index (χ3n) is 6.21. The number of nitrogens with zero attached hydrogens (tertiary/aromatic N) is 3. The summed E-state index contributed by atoms with van der Waals surface area (Å²) in [6, 6.07) is 10.7. The van der Waals surface area contributed by atoms with Crippen molar-refractivity contribution in [2.45, 2.75) is 37.5 Å². The standard InChI is InChI=1S/C21H23N3O3/c25-20(26)16(13-24-8-3-7-22-24)12-23-14-17-10-18(23)11-21(17)19-5-2-1-4-15(19)6-9-27-21/h1-5,7-8,14,16,18H,6,9-13H2,(H,25,26). The summed E-state index contributed by atoms with van der Waals surface area (Å²) in [6.07, 6.45) is 8.49. The molecule has 2 aromatic rings. The summed E-state index contributed by atoms with van der Waals surface area (Å²) in [5.74, 6) is -1.27. The molecular weight excluding hydrogens is 342 g/mol. The van der Waals surface area contributed by atoms with Gasteiger partial charge in [-0.2, -0.15) is 5.10 Å². The fraction of sp³-hybridized carbons (Fsp3) is 0.429. The molecule has 0 radical (unpaired) electrons. The van der Waals surface area contributed by atoms with Crippen LogP contribution in [0.4, 0.5) is 0 Å². The Morgan fingerprint density at radius 3 is 2.96 bits per heavy atom. The molecule has 27 heavy (non-hydrogen) atoms. The summed E-state index contributed by atoms with van der Waals surface area (Å²) in [5.41, 5.74) is 3.68. The van der Waals surface area contributed by atoms with E-state index in [-0.39, 0.29) is 5.60 Å². The van der Waals surface area contributed by atoms with Crippen LogP contribution in [0.1, 0.15) is 24.0 Å². The van der Waals surface area contributed by atoms with Gasteiger partial charge >= 0.3 is 5.97 Å². The molecule has 3 atom stereocenters. The molecule has 3 heterocycles. The molecule has 5 rings (SSSR count). The van der Waals surface area contributed by atoms with E-state index in [1.807, 2.05) is 12.3 Å². The number of aliphatic carboxylic acids is 1. The minimum atomic E-state index is -0.777. The highest BCUT2D eigenvalue weighted by atomic mass is 16.5. The van der Waals surface area contributed by atoms with Gasteiger partial charge in [-0.25, -0.2) is 0 Å². The number of hydrogen-bond acceptors (Lipinski definition) is 4. The molecule has 1 aromatic heterocycles. The number of carboxylic acids is 1. The summed E-state index contributed by atoms with van der Waals surface area (Å²) >= 11 is 0. The van der Waals surface area contributed by atoms with Crippen molar-refractivity contribution in [3.63, 3.8) is 0 Å². The first-order chi connectivity index (χ1) is 13.2. The average molecular weight is 365 g/mol. The van der Waals surface area contributed by atoms with E-state index >= 15 is 0 Å². The van der Waals surface area contributed by atoms with E-state index in [1.165, 1.54) is 16.7 Å². The van der Waals surface area contributed by atoms with Crippen molar-refractivity contribution >= 4 is 5.97 Å². The maximum absolute atomic E-state index is 11.8. The molecule has 1 N–H and O–H groups in total. The van der Waals surface area contributed by atoms with Crippen molar-refractivity contribution in [1.82, 2.24) is 14.7 Å². The van der Waals surface area contributed by atoms with Gasteiger partial charge in [0.05, 0.1) is 19.1 Å². The molecule has 1 aliphatic carbocycles. The van der Waals surface area contributed by atoms with E-state index in [0.717, 1.165) is 25.9 Å². The Balaban J connectivity index is 1.38. The molecule has 1 saturated carbocycles. The van der Waals surface area contributed by atoms with Crippen LogP contribution in [-0.2, 0) is 28.1 Å². The molecule has 3 unspecified atom stereocenters. The van der Waals surface area contributed by atoms with Crippen molar-refractivity contribution in [3.8, 4) is 0 Å². The summed E-state index contributed by atoms with van der Waals surface area (Å²) in [7, 11) is 0. The van der Waals surface area contributed by atoms with Gasteiger partial charge in [0.25, 0.3) is 0 Å². The topological polar surface area (TPSA) is 67.6 Å². The molecule has 6 nitrogen and oxygen atoms in total. The van der Waals surface area contributed by atoms with E-state index < -0.39 is 11.9 Å². The molecule has 1 aromatic carbocycles. The Morgan fingerprint density at radius 2 is 2.22 bits per heavy atom. The van der Waals surface area contributed by atoms with Crippen molar-refractivity contribution in [2.75, 3.05) is 13.2 Å². The molecule has 140 valence electrons. The Bertz CT molecular complexity index is 892. The van der Waals surface area contributed by atoms with Gasteiger partial charge in [0, 0.05) is 37.6 Å². The van der Waals surface area contributed by atoms with Crippen molar-refractivity contribution < 1.29 is 14.6 Å². The maximum Gasteiger partial charge on any atom is 0.310 e. The molecule has 3 aliphatic rings. The summed E-state index contributed by atoms with van der Waals surface area (Å²) in [5, 5.41) is 13.8. The van der Waals surface area contributed by atoms with E-state index in [2.05, 4.69) is 40.5 Å². The number of aromatic nitrogens is 2. The van der Waals surface area contributed by atoms with Gasteiger partial charge in [0.15, 0.2) is 0 Å². The van der Waals surface area contributed by atoms with Crippen LogP contribution >= 0.6 is 0 Å². The lowest BCUT2D eigenvalue weighted by atomic mass is 9.81. The second-order valence-corrected chi connectivity index (χ2v) is 7.76. The Hall–Kier alpha value is -2.60. The number of fused-ring (bicyclic) bond motifs is 5. The average Bonchev–Trinajstić information content (AvgIpc) is 3.39. The predicted molar refractivity (Wildman–Crippen MR) is 98.9 cm³/mol. The monoisotopic (exact) mass is 365 g/mol. The second-order valence-electron chi connectivity index (χ2n) is 7.76. The van der Waals surface area contributed by atoms with Gasteiger partial charge in [-0.15, -0.1) is 0 Å². The van der Waals surface area contributed by atoms with Gasteiger partial charge in [0.1, 0.15) is 5.60 Å². The fourth-order valence-corrected chi connectivity index (χ4v) is 4.94. The molecule has 1 spiro atoms. The minimum absolute atomic E-state index is 0.295. The number of carboxylic acid groups (broad SMARTS) is 1. The van der Waals surface area contributed by atoms with Crippen LogP contribution in [-0.4, -0.2) is 44.9 Å². The highest BCUT2D eigenvalue weighted by molar-refractivity contribution is 5.70. The van der Waals surface area contributed by atoms with Crippen LogP contribution in [0.15, 0.2) is 54.5 Å². The lowest BCUT2D eigenvalue weighted by Crippen LogP contribution is -2.43. The summed E-state index contributed by atoms with van der Waals surface area (Å²) < 4.78 is 8.04. The highest BCUT2D eigenvalue weighted by Gasteiger charge is 2.53. The molecule has 0 amide bonds. The van der Waals surface area contributed by atoms with E-state index in [0.29, 0.717) is 19.1 Å². The zero-order chi connectivity index (χ0) is 18.4. The largest absolute Gasteiger partial charge is 0.481 e. The van der Waals surface area contributed by atoms with Gasteiger partial charge in [0.2, 0.25) is 0 Å². The van der Waals surface area contributed by atoms with Gasteiger partial charge in [-0.3, -0.25) is 9.48 Å². The predicted octanol–water partition coefficient (Wildman–Crippen LogP) is 2.41. The first-order valence-corrected chi connectivity index (χ1v) is 9.55. The third kappa shape index (κ3) is 2.67. The van der Waals surface area contributed by atoms with E-state index in [1.54, 1.807) is 10.9 Å². The van der Waals surface area contributed by atoms with Crippen LogP contribution in [0, 0.1) is 5.92 Å². The zero-order valence-corrected chi connectivity index (χ0v) is 15.1. The number of ether oxygens (including phenoxy) is 1. The third-order valence-corrected chi connectivity index (χ3v) is 6.21. The molecule has 2 aliphatic heterocycles. The Labute approximate surface area is 158 Å². The minimum Gasteiger partial charge on any atom is -0.481 e. The molecule has 1 fully saturated rings. The van der Waals surface area contributed by atoms with Crippen LogP contribution in [0.25, 0.3) is 0 Å². The SMILES string of the molecule is O=C(O)C(CN1C=C2CC1CC21OCCc2ccccc21)Cn1cccn1. The van der Waals surface area contributed by atoms with Crippen LogP contribution < -0.4 is 0 Å². The molecular formula is C21H23N3O3. The fourth-order valence-electron chi connectivity index (χ4n) is 4.94. The number of carbonyl (C=O) groups is 1. The first-order valence-electron chi connectivity index (χ1n) is 9.55. The normalized spacial score (nSPS) is 26.9. The van der Waals surface area contributed by atoms with E-state index in [9.17, 15) is 9.90 Å². The van der Waals surface area contributed by atoms with Crippen LogP contribution in [0.2, 0.25) is 0 Å². The van der Waals surface area contributed by atoms with Gasteiger partial charge in [-0.05, 0) is 35.6 Å². The van der Waals surface area contributed by atoms with Crippen molar-refractivity contribution in [2.24, 2.45) is 5.92 Å². The van der Waals surface area contributed by atoms with E-state index in [4.69, 9.17) is 4.74 Å². The second kappa shape index (κ2) is 6.23. The molecule has 2 bridgehead atoms. The number of hydrogen-bond donors (Lipinski definition) is 1. The lowest BCUT2D eigenvalue weighted by Gasteiger charge is -2.41. The molecule has 0 saturated heterocycles. The Morgan fingerprint density at radius 1 is 1.33 bits per heavy atom. The van der Waals surface area contributed by atoms with Crippen LogP contribution in [0.3, 0.4) is 0 Å². The smallest absolute Gasteiger partial charge is 0.310 e. The summed E-state index contributed by atoms with van der Waals surface area (Å²) in [4.78, 5) is 14.0. The molecule has 6 heteroatoms.